The first-order valence-corrected chi connectivity index (χ1v) is 35.4. The van der Waals surface area contributed by atoms with Crippen molar-refractivity contribution in [2.45, 2.75) is 317 Å². The fourth-order valence-electron chi connectivity index (χ4n) is 9.09. The molecule has 0 spiro atoms. The monoisotopic (exact) mass is 1200 g/mol. The number of hydrogen-bond donors (Lipinski definition) is 3. The number of carbonyl (C=O) groups is 4. The molecule has 0 aliphatic carbocycles. The highest BCUT2D eigenvalue weighted by Gasteiger charge is 2.30. The minimum Gasteiger partial charge on any atom is -0.462 e. The average molecular weight is 1200 g/mol. The third kappa shape index (κ3) is 55.7. The Morgan fingerprint density at radius 2 is 0.630 bits per heavy atom. The smallest absolute Gasteiger partial charge is 0.462 e. The molecular weight excluding hydrogens is 1080 g/mol. The van der Waals surface area contributed by atoms with Gasteiger partial charge in [0.05, 0.1) is 26.4 Å². The van der Waals surface area contributed by atoms with Gasteiger partial charge in [0.1, 0.15) is 19.3 Å². The van der Waals surface area contributed by atoms with Crippen molar-refractivity contribution < 1.29 is 80.2 Å². The average Bonchev–Trinajstić information content (AvgIpc) is 3.42. The molecule has 3 unspecified atom stereocenters. The van der Waals surface area contributed by atoms with E-state index >= 15 is 0 Å². The summed E-state index contributed by atoms with van der Waals surface area (Å²) >= 11 is 0. The van der Waals surface area contributed by atoms with Gasteiger partial charge in [-0.1, -0.05) is 248 Å². The molecule has 0 fully saturated rings. The lowest BCUT2D eigenvalue weighted by Crippen LogP contribution is -2.30. The molecule has 6 atom stereocenters. The molecule has 0 aromatic carbocycles. The lowest BCUT2D eigenvalue weighted by Gasteiger charge is -2.21. The van der Waals surface area contributed by atoms with Gasteiger partial charge in [0, 0.05) is 25.7 Å². The zero-order valence-corrected chi connectivity index (χ0v) is 54.0. The Balaban J connectivity index is 5.25. The molecule has 480 valence electrons. The van der Waals surface area contributed by atoms with E-state index in [9.17, 15) is 43.2 Å². The van der Waals surface area contributed by atoms with E-state index in [-0.39, 0.29) is 25.7 Å². The van der Waals surface area contributed by atoms with Crippen molar-refractivity contribution in [2.75, 3.05) is 39.6 Å². The minimum absolute atomic E-state index is 0.104. The Morgan fingerprint density at radius 3 is 0.938 bits per heavy atom. The second-order valence-corrected chi connectivity index (χ2v) is 26.5. The number of aliphatic hydroxyl groups is 1. The molecule has 17 nitrogen and oxygen atoms in total. The maximum absolute atomic E-state index is 12.9. The van der Waals surface area contributed by atoms with Crippen molar-refractivity contribution >= 4 is 39.5 Å². The SMILES string of the molecule is CCCCCCCCCCCCC(=O)O[C@H](COC(=O)CCCCCCCCC(C)C)COP(=O)(O)OC[C@H](O)COP(=O)(O)OC[C@@H](COC(=O)CCCCCCCCC(C)CC)OC(=O)CCCCCCCCCCCC(C)C. The van der Waals surface area contributed by atoms with Crippen LogP contribution < -0.4 is 0 Å². The molecule has 0 radical (unpaired) electrons. The number of rotatable bonds is 60. The van der Waals surface area contributed by atoms with E-state index in [0.717, 1.165) is 115 Å². The van der Waals surface area contributed by atoms with Crippen LogP contribution in [0.4, 0.5) is 0 Å². The lowest BCUT2D eigenvalue weighted by atomic mass is 10.00. The molecule has 0 saturated carbocycles. The van der Waals surface area contributed by atoms with Gasteiger partial charge in [-0.05, 0) is 43.4 Å². The van der Waals surface area contributed by atoms with Crippen LogP contribution in [0.3, 0.4) is 0 Å². The number of phosphoric acid groups is 2. The van der Waals surface area contributed by atoms with E-state index in [1.54, 1.807) is 0 Å². The van der Waals surface area contributed by atoms with Crippen LogP contribution in [0.2, 0.25) is 0 Å². The van der Waals surface area contributed by atoms with Crippen molar-refractivity contribution in [3.05, 3.63) is 0 Å². The Hall–Kier alpha value is -1.94. The normalized spacial score (nSPS) is 14.8. The number of ether oxygens (including phenoxy) is 4. The highest BCUT2D eigenvalue weighted by Crippen LogP contribution is 2.45. The standard InChI is InChI=1S/C62H120O17P2/c1-8-10-11-12-13-14-17-20-31-38-45-61(66)78-57(49-72-59(64)43-36-29-24-22-27-34-41-54(5)6)51-76-80(68,69)74-47-56(63)48-75-81(70,71)77-52-58(50-73-60(65)44-37-30-25-23-28-35-42-55(7)9-2)79-62(67)46-39-32-21-18-15-16-19-26-33-40-53(3)4/h53-58,63H,8-52H2,1-7H3,(H,68,69)(H,70,71)/t55?,56-,57+,58+/m0/s1. The molecule has 0 heterocycles. The first-order chi connectivity index (χ1) is 38.8. The summed E-state index contributed by atoms with van der Waals surface area (Å²) in [6, 6.07) is 0. The van der Waals surface area contributed by atoms with Crippen molar-refractivity contribution in [3.8, 4) is 0 Å². The molecule has 0 saturated heterocycles. The van der Waals surface area contributed by atoms with E-state index in [1.165, 1.54) is 96.3 Å². The van der Waals surface area contributed by atoms with Gasteiger partial charge in [0.15, 0.2) is 12.2 Å². The van der Waals surface area contributed by atoms with Gasteiger partial charge in [-0.15, -0.1) is 0 Å². The number of hydrogen-bond acceptors (Lipinski definition) is 15. The number of carbonyl (C=O) groups excluding carboxylic acids is 4. The van der Waals surface area contributed by atoms with Crippen LogP contribution in [-0.4, -0.2) is 96.7 Å². The van der Waals surface area contributed by atoms with Gasteiger partial charge in [-0.3, -0.25) is 37.3 Å². The zero-order valence-electron chi connectivity index (χ0n) is 52.2. The third-order valence-corrected chi connectivity index (χ3v) is 16.4. The predicted octanol–water partition coefficient (Wildman–Crippen LogP) is 16.7. The van der Waals surface area contributed by atoms with Crippen LogP contribution in [0.25, 0.3) is 0 Å². The Bertz CT molecular complexity index is 1620. The zero-order chi connectivity index (χ0) is 60.3. The molecule has 0 bridgehead atoms. The fourth-order valence-corrected chi connectivity index (χ4v) is 10.7. The summed E-state index contributed by atoms with van der Waals surface area (Å²) in [5.74, 6) is 0.00551. The van der Waals surface area contributed by atoms with Crippen LogP contribution in [0.1, 0.15) is 299 Å². The maximum atomic E-state index is 12.9. The van der Waals surface area contributed by atoms with Gasteiger partial charge >= 0.3 is 39.5 Å². The Kier molecular flexibility index (Phi) is 52.2. The molecule has 0 aromatic rings. The molecule has 81 heavy (non-hydrogen) atoms. The predicted molar refractivity (Wildman–Crippen MR) is 321 cm³/mol. The maximum Gasteiger partial charge on any atom is 0.472 e. The molecule has 0 amide bonds. The molecule has 19 heteroatoms. The second-order valence-electron chi connectivity index (χ2n) is 23.6. The quantitative estimate of drug-likeness (QED) is 0.0222. The van der Waals surface area contributed by atoms with Gasteiger partial charge in [0.25, 0.3) is 0 Å². The molecule has 3 N–H and O–H groups in total. The van der Waals surface area contributed by atoms with E-state index in [4.69, 9.17) is 37.0 Å². The highest BCUT2D eigenvalue weighted by molar-refractivity contribution is 7.47. The molecule has 0 rings (SSSR count). The second kappa shape index (κ2) is 53.5. The molecule has 0 aromatic heterocycles. The number of esters is 4. The van der Waals surface area contributed by atoms with Crippen molar-refractivity contribution in [1.82, 2.24) is 0 Å². The van der Waals surface area contributed by atoms with E-state index in [2.05, 4.69) is 48.5 Å². The van der Waals surface area contributed by atoms with Crippen LogP contribution >= 0.6 is 15.6 Å². The summed E-state index contributed by atoms with van der Waals surface area (Å²) in [5.41, 5.74) is 0. The highest BCUT2D eigenvalue weighted by atomic mass is 31.2. The van der Waals surface area contributed by atoms with Gasteiger partial charge in [0.2, 0.25) is 0 Å². The Morgan fingerprint density at radius 1 is 0.358 bits per heavy atom. The topological polar surface area (TPSA) is 237 Å². The third-order valence-electron chi connectivity index (χ3n) is 14.5. The van der Waals surface area contributed by atoms with Gasteiger partial charge < -0.3 is 33.8 Å². The van der Waals surface area contributed by atoms with E-state index < -0.39 is 97.5 Å². The molecule has 0 aliphatic rings. The lowest BCUT2D eigenvalue weighted by molar-refractivity contribution is -0.161. The van der Waals surface area contributed by atoms with Crippen LogP contribution in [0.15, 0.2) is 0 Å². The Labute approximate surface area is 492 Å². The first-order valence-electron chi connectivity index (χ1n) is 32.4. The van der Waals surface area contributed by atoms with Gasteiger partial charge in [-0.25, -0.2) is 9.13 Å². The minimum atomic E-state index is -4.94. The van der Waals surface area contributed by atoms with Crippen molar-refractivity contribution in [3.63, 3.8) is 0 Å². The van der Waals surface area contributed by atoms with E-state index in [1.807, 2.05) is 0 Å². The van der Waals surface area contributed by atoms with Crippen LogP contribution in [0, 0.1) is 17.8 Å². The number of aliphatic hydroxyl groups excluding tert-OH is 1. The summed E-state index contributed by atoms with van der Waals surface area (Å²) < 4.78 is 67.9. The van der Waals surface area contributed by atoms with Gasteiger partial charge in [-0.2, -0.15) is 0 Å². The summed E-state index contributed by atoms with van der Waals surface area (Å²) in [5, 5.41) is 10.5. The number of unbranched alkanes of at least 4 members (excludes halogenated alkanes) is 27. The van der Waals surface area contributed by atoms with E-state index in [0.29, 0.717) is 31.6 Å². The number of phosphoric ester groups is 2. The first kappa shape index (κ1) is 79.1. The fraction of sp³-hybridized carbons (Fsp3) is 0.935. The molecular formula is C62H120O17P2. The summed E-state index contributed by atoms with van der Waals surface area (Å²) in [6.07, 6.45) is 33.6. The largest absolute Gasteiger partial charge is 0.472 e. The van der Waals surface area contributed by atoms with Crippen LogP contribution in [0.5, 0.6) is 0 Å². The van der Waals surface area contributed by atoms with Crippen LogP contribution in [-0.2, 0) is 65.4 Å². The summed E-state index contributed by atoms with van der Waals surface area (Å²) in [4.78, 5) is 72.1. The molecule has 0 aliphatic heterocycles. The van der Waals surface area contributed by atoms with Crippen molar-refractivity contribution in [1.29, 1.82) is 0 Å². The van der Waals surface area contributed by atoms with Crippen molar-refractivity contribution in [2.24, 2.45) is 17.8 Å². The summed E-state index contributed by atoms with van der Waals surface area (Å²) in [6.45, 7) is 11.6. The summed E-state index contributed by atoms with van der Waals surface area (Å²) in [7, 11) is -9.88.